The van der Waals surface area contributed by atoms with Crippen LogP contribution in [0.2, 0.25) is 0 Å². The van der Waals surface area contributed by atoms with Crippen LogP contribution in [-0.2, 0) is 6.54 Å². The SMILES string of the molecule is Cc1ccc(C)c(Cn2cnc(C)c2C)c1. The molecule has 2 rings (SSSR count). The molecule has 0 bridgehead atoms. The Morgan fingerprint density at radius 2 is 1.88 bits per heavy atom. The lowest BCUT2D eigenvalue weighted by Crippen LogP contribution is -2.02. The molecule has 0 fully saturated rings. The van der Waals surface area contributed by atoms with E-state index in [9.17, 15) is 0 Å². The van der Waals surface area contributed by atoms with E-state index in [1.165, 1.54) is 22.4 Å². The van der Waals surface area contributed by atoms with Crippen molar-refractivity contribution < 1.29 is 0 Å². The molecule has 2 nitrogen and oxygen atoms in total. The zero-order valence-electron chi connectivity index (χ0n) is 10.4. The van der Waals surface area contributed by atoms with E-state index in [2.05, 4.69) is 55.4 Å². The summed E-state index contributed by atoms with van der Waals surface area (Å²) in [6, 6.07) is 6.60. The van der Waals surface area contributed by atoms with Crippen molar-refractivity contribution in [2.45, 2.75) is 34.2 Å². The van der Waals surface area contributed by atoms with Gasteiger partial charge in [-0.1, -0.05) is 23.8 Å². The van der Waals surface area contributed by atoms with Crippen molar-refractivity contribution in [2.75, 3.05) is 0 Å². The van der Waals surface area contributed by atoms with Gasteiger partial charge in [0.15, 0.2) is 0 Å². The van der Waals surface area contributed by atoms with E-state index >= 15 is 0 Å². The molecule has 0 atom stereocenters. The second-order valence-electron chi connectivity index (χ2n) is 4.47. The molecule has 2 aromatic rings. The lowest BCUT2D eigenvalue weighted by molar-refractivity contribution is 0.763. The molecule has 1 heterocycles. The van der Waals surface area contributed by atoms with Crippen molar-refractivity contribution in [3.05, 3.63) is 52.6 Å². The van der Waals surface area contributed by atoms with Gasteiger partial charge in [-0.15, -0.1) is 0 Å². The first-order valence-electron chi connectivity index (χ1n) is 5.62. The molecular weight excluding hydrogens is 196 g/mol. The lowest BCUT2D eigenvalue weighted by Gasteiger charge is -2.09. The fourth-order valence-electron chi connectivity index (χ4n) is 1.86. The van der Waals surface area contributed by atoms with Gasteiger partial charge in [0.25, 0.3) is 0 Å². The summed E-state index contributed by atoms with van der Waals surface area (Å²) in [6.45, 7) is 9.38. The number of hydrogen-bond donors (Lipinski definition) is 0. The lowest BCUT2D eigenvalue weighted by atomic mass is 10.1. The molecule has 0 aliphatic carbocycles. The predicted octanol–water partition coefficient (Wildman–Crippen LogP) is 3.17. The highest BCUT2D eigenvalue weighted by Gasteiger charge is 2.04. The average Bonchev–Trinajstić information content (AvgIpc) is 2.55. The fraction of sp³-hybridized carbons (Fsp3) is 0.357. The minimum atomic E-state index is 0.917. The van der Waals surface area contributed by atoms with Crippen LogP contribution >= 0.6 is 0 Å². The van der Waals surface area contributed by atoms with Crippen LogP contribution in [0, 0.1) is 27.7 Å². The number of nitrogens with zero attached hydrogens (tertiary/aromatic N) is 2. The van der Waals surface area contributed by atoms with E-state index in [0.29, 0.717) is 0 Å². The van der Waals surface area contributed by atoms with Gasteiger partial charge >= 0.3 is 0 Å². The van der Waals surface area contributed by atoms with Crippen LogP contribution < -0.4 is 0 Å². The number of benzene rings is 1. The zero-order valence-corrected chi connectivity index (χ0v) is 10.4. The molecule has 0 spiro atoms. The molecule has 0 saturated heterocycles. The number of rotatable bonds is 2. The molecule has 0 amide bonds. The van der Waals surface area contributed by atoms with E-state index in [1.807, 2.05) is 6.33 Å². The maximum absolute atomic E-state index is 4.33. The van der Waals surface area contributed by atoms with Gasteiger partial charge in [-0.3, -0.25) is 0 Å². The maximum Gasteiger partial charge on any atom is 0.0954 e. The van der Waals surface area contributed by atoms with Crippen molar-refractivity contribution in [1.29, 1.82) is 0 Å². The molecule has 0 aliphatic heterocycles. The number of aromatic nitrogens is 2. The maximum atomic E-state index is 4.33. The van der Waals surface area contributed by atoms with Gasteiger partial charge in [-0.2, -0.15) is 0 Å². The van der Waals surface area contributed by atoms with Crippen molar-refractivity contribution in [1.82, 2.24) is 9.55 Å². The van der Waals surface area contributed by atoms with Gasteiger partial charge in [0.1, 0.15) is 0 Å². The molecule has 2 heteroatoms. The summed E-state index contributed by atoms with van der Waals surface area (Å²) in [5.41, 5.74) is 6.40. The van der Waals surface area contributed by atoms with E-state index in [-0.39, 0.29) is 0 Å². The topological polar surface area (TPSA) is 17.8 Å². The van der Waals surface area contributed by atoms with Crippen LogP contribution in [0.5, 0.6) is 0 Å². The van der Waals surface area contributed by atoms with E-state index in [0.717, 1.165) is 12.2 Å². The average molecular weight is 214 g/mol. The van der Waals surface area contributed by atoms with Gasteiger partial charge in [-0.25, -0.2) is 4.98 Å². The molecule has 16 heavy (non-hydrogen) atoms. The Balaban J connectivity index is 2.33. The first-order chi connectivity index (χ1) is 7.58. The molecule has 1 aromatic carbocycles. The third kappa shape index (κ3) is 2.01. The second-order valence-corrected chi connectivity index (χ2v) is 4.47. The predicted molar refractivity (Wildman–Crippen MR) is 66.7 cm³/mol. The summed E-state index contributed by atoms with van der Waals surface area (Å²) in [4.78, 5) is 4.33. The highest BCUT2D eigenvalue weighted by atomic mass is 15.0. The third-order valence-corrected chi connectivity index (χ3v) is 3.19. The van der Waals surface area contributed by atoms with Gasteiger partial charge in [0.2, 0.25) is 0 Å². The largest absolute Gasteiger partial charge is 0.330 e. The monoisotopic (exact) mass is 214 g/mol. The molecule has 0 saturated carbocycles. The van der Waals surface area contributed by atoms with Gasteiger partial charge in [0, 0.05) is 12.2 Å². The summed E-state index contributed by atoms with van der Waals surface area (Å²) in [7, 11) is 0. The van der Waals surface area contributed by atoms with Crippen molar-refractivity contribution in [2.24, 2.45) is 0 Å². The van der Waals surface area contributed by atoms with Crippen LogP contribution in [0.25, 0.3) is 0 Å². The van der Waals surface area contributed by atoms with E-state index in [4.69, 9.17) is 0 Å². The van der Waals surface area contributed by atoms with Crippen LogP contribution in [0.3, 0.4) is 0 Å². The Hall–Kier alpha value is -1.57. The molecule has 84 valence electrons. The Bertz CT molecular complexity index is 509. The number of imidazole rings is 1. The zero-order chi connectivity index (χ0) is 11.7. The molecule has 0 N–H and O–H groups in total. The van der Waals surface area contributed by atoms with E-state index < -0.39 is 0 Å². The minimum Gasteiger partial charge on any atom is -0.330 e. The first kappa shape index (κ1) is 10.9. The summed E-state index contributed by atoms with van der Waals surface area (Å²) in [5.74, 6) is 0. The first-order valence-corrected chi connectivity index (χ1v) is 5.62. The number of aryl methyl sites for hydroxylation is 3. The normalized spacial score (nSPS) is 10.8. The molecular formula is C14H18N2. The minimum absolute atomic E-state index is 0.917. The van der Waals surface area contributed by atoms with Gasteiger partial charge < -0.3 is 4.57 Å². The highest BCUT2D eigenvalue weighted by molar-refractivity contribution is 5.31. The summed E-state index contributed by atoms with van der Waals surface area (Å²) in [6.07, 6.45) is 1.92. The van der Waals surface area contributed by atoms with Crippen molar-refractivity contribution in [3.8, 4) is 0 Å². The summed E-state index contributed by atoms with van der Waals surface area (Å²) < 4.78 is 2.21. The Morgan fingerprint density at radius 1 is 1.12 bits per heavy atom. The highest BCUT2D eigenvalue weighted by Crippen LogP contribution is 2.14. The summed E-state index contributed by atoms with van der Waals surface area (Å²) >= 11 is 0. The molecule has 0 unspecified atom stereocenters. The fourth-order valence-corrected chi connectivity index (χ4v) is 1.86. The third-order valence-electron chi connectivity index (χ3n) is 3.19. The van der Waals surface area contributed by atoms with Crippen LogP contribution in [-0.4, -0.2) is 9.55 Å². The van der Waals surface area contributed by atoms with Crippen LogP contribution in [0.15, 0.2) is 24.5 Å². The van der Waals surface area contributed by atoms with Crippen LogP contribution in [0.4, 0.5) is 0 Å². The quantitative estimate of drug-likeness (QED) is 0.751. The Labute approximate surface area is 97.0 Å². The summed E-state index contributed by atoms with van der Waals surface area (Å²) in [5, 5.41) is 0. The Kier molecular flexibility index (Phi) is 2.82. The van der Waals surface area contributed by atoms with Crippen molar-refractivity contribution >= 4 is 0 Å². The standard InChI is InChI=1S/C14H18N2/c1-10-5-6-11(2)14(7-10)8-16-9-15-12(3)13(16)4/h5-7,9H,8H2,1-4H3. The number of hydrogen-bond acceptors (Lipinski definition) is 1. The van der Waals surface area contributed by atoms with Crippen LogP contribution in [0.1, 0.15) is 28.1 Å². The second kappa shape index (κ2) is 4.12. The van der Waals surface area contributed by atoms with E-state index in [1.54, 1.807) is 0 Å². The van der Waals surface area contributed by atoms with Gasteiger partial charge in [-0.05, 0) is 38.8 Å². The molecule has 1 aromatic heterocycles. The smallest absolute Gasteiger partial charge is 0.0954 e. The molecule has 0 aliphatic rings. The van der Waals surface area contributed by atoms with Gasteiger partial charge in [0.05, 0.1) is 12.0 Å². The molecule has 0 radical (unpaired) electrons. The van der Waals surface area contributed by atoms with Crippen molar-refractivity contribution in [3.63, 3.8) is 0 Å². The Morgan fingerprint density at radius 3 is 2.50 bits per heavy atom.